The van der Waals surface area contributed by atoms with Crippen molar-refractivity contribution in [1.82, 2.24) is 14.6 Å². The second-order valence-electron chi connectivity index (χ2n) is 7.39. The second kappa shape index (κ2) is 10.2. The molecule has 0 bridgehead atoms. The first-order valence-corrected chi connectivity index (χ1v) is 12.3. The molecule has 0 aliphatic carbocycles. The van der Waals surface area contributed by atoms with Crippen LogP contribution in [0.15, 0.2) is 28.7 Å². The summed E-state index contributed by atoms with van der Waals surface area (Å²) in [6, 6.07) is 2.82. The number of aryl methyl sites for hydroxylation is 1. The van der Waals surface area contributed by atoms with Gasteiger partial charge in [0.15, 0.2) is 17.5 Å². The van der Waals surface area contributed by atoms with E-state index in [1.165, 1.54) is 12.3 Å². The molecule has 16 heteroatoms. The summed E-state index contributed by atoms with van der Waals surface area (Å²) >= 11 is 1.05. The van der Waals surface area contributed by atoms with Gasteiger partial charge in [-0.2, -0.15) is 8.42 Å². The highest BCUT2D eigenvalue weighted by atomic mass is 32.2. The maximum absolute atomic E-state index is 12.8. The van der Waals surface area contributed by atoms with Crippen molar-refractivity contribution < 1.29 is 32.1 Å². The quantitative estimate of drug-likeness (QED) is 0.0676. The average molecular weight is 526 g/mol. The largest absolute Gasteiger partial charge is 0.490 e. The Morgan fingerprint density at radius 3 is 2.66 bits per heavy atom. The van der Waals surface area contributed by atoms with E-state index in [4.69, 9.17) is 31.0 Å². The highest BCUT2D eigenvalue weighted by Gasteiger charge is 2.51. The Labute approximate surface area is 204 Å². The topological polar surface area (TPSA) is 223 Å². The predicted molar refractivity (Wildman–Crippen MR) is 126 cm³/mol. The van der Waals surface area contributed by atoms with Gasteiger partial charge in [-0.05, 0) is 37.6 Å². The minimum Gasteiger partial charge on any atom is -0.490 e. The first kappa shape index (κ1) is 25.9. The SMILES string of the molecule is Cc1cc(OCCON=C(C(=O)N[C@@H]2C(=O)N(S(=O)(=O)O)[C@H]2C)c2csc(N)n2)ccc1C(=N)N. The fraction of sp³-hybridized carbons (Fsp3) is 0.316. The van der Waals surface area contributed by atoms with Gasteiger partial charge in [0.05, 0.1) is 6.04 Å². The van der Waals surface area contributed by atoms with Crippen LogP contribution in [0.3, 0.4) is 0 Å². The minimum absolute atomic E-state index is 0.0520. The number of anilines is 1. The van der Waals surface area contributed by atoms with E-state index in [1.807, 2.05) is 0 Å². The van der Waals surface area contributed by atoms with Gasteiger partial charge >= 0.3 is 10.3 Å². The molecule has 35 heavy (non-hydrogen) atoms. The van der Waals surface area contributed by atoms with Gasteiger partial charge in [0, 0.05) is 10.9 Å². The molecular formula is C19H23N7O7S2. The molecule has 7 N–H and O–H groups in total. The van der Waals surface area contributed by atoms with E-state index in [9.17, 15) is 18.0 Å². The summed E-state index contributed by atoms with van der Waals surface area (Å²) in [5.74, 6) is -1.38. The number of hydrogen-bond donors (Lipinski definition) is 5. The summed E-state index contributed by atoms with van der Waals surface area (Å²) in [4.78, 5) is 34.0. The molecule has 1 aliphatic rings. The van der Waals surface area contributed by atoms with Crippen molar-refractivity contribution in [2.24, 2.45) is 10.9 Å². The summed E-state index contributed by atoms with van der Waals surface area (Å²) in [7, 11) is -4.74. The molecular weight excluding hydrogens is 502 g/mol. The van der Waals surface area contributed by atoms with Crippen LogP contribution in [-0.2, 0) is 24.7 Å². The van der Waals surface area contributed by atoms with Crippen LogP contribution in [-0.4, -0.2) is 70.9 Å². The number of ether oxygens (including phenoxy) is 1. The Hall–Kier alpha value is -3.76. The van der Waals surface area contributed by atoms with Gasteiger partial charge in [-0.3, -0.25) is 19.6 Å². The van der Waals surface area contributed by atoms with Crippen LogP contribution in [0.1, 0.15) is 23.7 Å². The Morgan fingerprint density at radius 1 is 1.40 bits per heavy atom. The van der Waals surface area contributed by atoms with Crippen molar-refractivity contribution in [2.45, 2.75) is 25.9 Å². The summed E-state index contributed by atoms with van der Waals surface area (Å²) < 4.78 is 37.4. The molecule has 0 spiro atoms. The van der Waals surface area contributed by atoms with Crippen molar-refractivity contribution in [3.63, 3.8) is 0 Å². The smallest absolute Gasteiger partial charge is 0.362 e. The van der Waals surface area contributed by atoms with Crippen LogP contribution in [0.25, 0.3) is 0 Å². The van der Waals surface area contributed by atoms with Crippen molar-refractivity contribution in [1.29, 1.82) is 5.41 Å². The molecule has 14 nitrogen and oxygen atoms in total. The lowest BCUT2D eigenvalue weighted by molar-refractivity contribution is -0.143. The lowest BCUT2D eigenvalue weighted by Crippen LogP contribution is -2.71. The summed E-state index contributed by atoms with van der Waals surface area (Å²) in [6.45, 7) is 3.14. The lowest BCUT2D eigenvalue weighted by atomic mass is 10.0. The Kier molecular flexibility index (Phi) is 7.57. The van der Waals surface area contributed by atoms with Crippen molar-refractivity contribution >= 4 is 50.1 Å². The molecule has 1 aromatic carbocycles. The van der Waals surface area contributed by atoms with Crippen LogP contribution in [0.5, 0.6) is 5.75 Å². The summed E-state index contributed by atoms with van der Waals surface area (Å²) in [5, 5.41) is 15.3. The highest BCUT2D eigenvalue weighted by molar-refractivity contribution is 7.84. The number of amidine groups is 1. The van der Waals surface area contributed by atoms with E-state index >= 15 is 0 Å². The van der Waals surface area contributed by atoms with Crippen LogP contribution >= 0.6 is 11.3 Å². The molecule has 2 amide bonds. The van der Waals surface area contributed by atoms with E-state index in [0.717, 1.165) is 16.9 Å². The number of nitrogens with two attached hydrogens (primary N) is 2. The van der Waals surface area contributed by atoms with Crippen LogP contribution in [0.2, 0.25) is 0 Å². The van der Waals surface area contributed by atoms with E-state index < -0.39 is 34.2 Å². The molecule has 1 saturated heterocycles. The van der Waals surface area contributed by atoms with E-state index in [2.05, 4.69) is 15.5 Å². The number of carbonyl (C=O) groups is 2. The number of nitrogen functional groups attached to an aromatic ring is 2. The van der Waals surface area contributed by atoms with Gasteiger partial charge in [-0.25, -0.2) is 9.29 Å². The first-order chi connectivity index (χ1) is 16.4. The van der Waals surface area contributed by atoms with Gasteiger partial charge in [-0.15, -0.1) is 11.3 Å². The fourth-order valence-corrected chi connectivity index (χ4v) is 4.68. The third kappa shape index (κ3) is 5.84. The molecule has 1 fully saturated rings. The zero-order chi connectivity index (χ0) is 25.9. The second-order valence-corrected chi connectivity index (χ2v) is 9.57. The van der Waals surface area contributed by atoms with Crippen molar-refractivity contribution in [2.75, 3.05) is 18.9 Å². The van der Waals surface area contributed by atoms with Gasteiger partial charge in [0.2, 0.25) is 0 Å². The Bertz CT molecular complexity index is 1290. The minimum atomic E-state index is -4.74. The van der Waals surface area contributed by atoms with E-state index in [1.54, 1.807) is 25.1 Å². The molecule has 2 atom stereocenters. The maximum Gasteiger partial charge on any atom is 0.362 e. The molecule has 0 radical (unpaired) electrons. The van der Waals surface area contributed by atoms with Crippen molar-refractivity contribution in [3.8, 4) is 5.75 Å². The third-order valence-corrected chi connectivity index (χ3v) is 6.62. The number of hydrogen-bond acceptors (Lipinski definition) is 11. The van der Waals surface area contributed by atoms with Crippen molar-refractivity contribution in [3.05, 3.63) is 40.4 Å². The standard InChI is InChI=1S/C19H23N7O7S2/c1-9-7-11(3-4-12(9)16(20)21)32-5-6-33-25-15(13-8-34-19(22)23-13)17(27)24-14-10(2)26(18(14)28)35(29,30)31/h3-4,7-8,10,14H,5-6H2,1-2H3,(H3,20,21)(H2,22,23)(H,24,27)(H,29,30,31)/t10-,14-/m0/s1. The summed E-state index contributed by atoms with van der Waals surface area (Å²) in [5.41, 5.74) is 12.3. The number of carbonyl (C=O) groups excluding carboxylic acids is 2. The van der Waals surface area contributed by atoms with Gasteiger partial charge in [0.25, 0.3) is 11.8 Å². The molecule has 0 saturated carbocycles. The molecule has 0 unspecified atom stereocenters. The number of rotatable bonds is 10. The third-order valence-electron chi connectivity index (χ3n) is 4.94. The Morgan fingerprint density at radius 2 is 2.11 bits per heavy atom. The number of benzene rings is 1. The molecule has 2 aromatic rings. The van der Waals surface area contributed by atoms with Crippen LogP contribution < -0.4 is 21.5 Å². The van der Waals surface area contributed by atoms with Gasteiger partial charge in [-0.1, -0.05) is 5.16 Å². The first-order valence-electron chi connectivity index (χ1n) is 10.0. The highest BCUT2D eigenvalue weighted by Crippen LogP contribution is 2.23. The zero-order valence-corrected chi connectivity index (χ0v) is 20.2. The average Bonchev–Trinajstić information content (AvgIpc) is 3.19. The number of thiazole rings is 1. The number of nitrogens with zero attached hydrogens (tertiary/aromatic N) is 3. The normalized spacial score (nSPS) is 18.1. The number of oxime groups is 1. The lowest BCUT2D eigenvalue weighted by Gasteiger charge is -2.42. The number of aromatic nitrogens is 1. The molecule has 1 aliphatic heterocycles. The van der Waals surface area contributed by atoms with Gasteiger partial charge in [0.1, 0.15) is 29.9 Å². The number of β-lactam (4-membered cyclic amide) rings is 1. The number of nitrogens with one attached hydrogen (secondary N) is 2. The fourth-order valence-electron chi connectivity index (χ4n) is 3.25. The molecule has 188 valence electrons. The zero-order valence-electron chi connectivity index (χ0n) is 18.6. The summed E-state index contributed by atoms with van der Waals surface area (Å²) in [6.07, 6.45) is 0. The van der Waals surface area contributed by atoms with Gasteiger partial charge < -0.3 is 26.4 Å². The predicted octanol–water partition coefficient (Wildman–Crippen LogP) is -0.364. The maximum atomic E-state index is 12.8. The van der Waals surface area contributed by atoms with Crippen LogP contribution in [0.4, 0.5) is 5.13 Å². The van der Waals surface area contributed by atoms with E-state index in [0.29, 0.717) is 11.3 Å². The number of amides is 2. The monoisotopic (exact) mass is 525 g/mol. The Balaban J connectivity index is 1.63. The van der Waals surface area contributed by atoms with E-state index in [-0.39, 0.29) is 39.9 Å². The molecule has 1 aromatic heterocycles. The molecule has 2 heterocycles. The van der Waals surface area contributed by atoms with Crippen LogP contribution in [0, 0.1) is 12.3 Å². The molecule has 3 rings (SSSR count).